The second-order valence-corrected chi connectivity index (χ2v) is 40.2. The van der Waals surface area contributed by atoms with E-state index in [1.54, 1.807) is 31.7 Å². The van der Waals surface area contributed by atoms with E-state index in [1.165, 1.54) is 55.1 Å². The zero-order valence-corrected chi connectivity index (χ0v) is 83.4. The van der Waals surface area contributed by atoms with E-state index < -0.39 is 51.5 Å². The number of benzene rings is 2. The van der Waals surface area contributed by atoms with Crippen LogP contribution >= 0.6 is 27.5 Å². The Balaban J connectivity index is 0.000000178. The highest BCUT2D eigenvalue weighted by molar-refractivity contribution is 9.10. The first kappa shape index (κ1) is 107. The normalized spacial score (nSPS) is 16.6. The number of nitrogens with two attached hydrogens (primary N) is 3. The Labute approximate surface area is 808 Å². The summed E-state index contributed by atoms with van der Waals surface area (Å²) in [5.74, 6) is -3.20. The zero-order chi connectivity index (χ0) is 101. The minimum absolute atomic E-state index is 0.0215. The lowest BCUT2D eigenvalue weighted by molar-refractivity contribution is 0.00578. The van der Waals surface area contributed by atoms with Crippen molar-refractivity contribution in [1.82, 2.24) is 59.5 Å². The number of ether oxygens (including phenoxy) is 6. The molecule has 15 rings (SSSR count). The maximum absolute atomic E-state index is 15.2. The summed E-state index contributed by atoms with van der Waals surface area (Å²) in [7, 11) is -0.314. The molecule has 0 saturated carbocycles. The molecule has 3 fully saturated rings. The third-order valence-corrected chi connectivity index (χ3v) is 23.4. The predicted molar refractivity (Wildman–Crippen MR) is 513 cm³/mol. The van der Waals surface area contributed by atoms with E-state index in [4.69, 9.17) is 66.5 Å². The molecular formula is C96H123BBrClF8N18O12. The van der Waals surface area contributed by atoms with Crippen molar-refractivity contribution in [2.45, 2.75) is 235 Å². The second kappa shape index (κ2) is 45.3. The average Bonchev–Trinajstić information content (AvgIpc) is 1.76. The number of aromatic nitrogens is 8. The summed E-state index contributed by atoms with van der Waals surface area (Å²) in [6.45, 7) is 44.3. The molecule has 13 heterocycles. The Bertz CT molecular complexity index is 5660. The molecular weight excluding hydrogens is 1880 g/mol. The molecule has 7 aliphatic rings. The lowest BCUT2D eigenvalue weighted by Crippen LogP contribution is -2.41. The zero-order valence-electron chi connectivity index (χ0n) is 81.0. The van der Waals surface area contributed by atoms with E-state index in [0.29, 0.717) is 149 Å². The highest BCUT2D eigenvalue weighted by Crippen LogP contribution is 2.44. The number of pyridine rings is 4. The number of amides is 4. The van der Waals surface area contributed by atoms with Crippen LogP contribution in [0.5, 0.6) is 11.5 Å². The predicted octanol–water partition coefficient (Wildman–Crippen LogP) is 20.6. The van der Waals surface area contributed by atoms with Gasteiger partial charge in [0.15, 0.2) is 34.8 Å². The van der Waals surface area contributed by atoms with Crippen LogP contribution in [0.1, 0.15) is 206 Å². The number of carbonyl (C=O) groups is 4. The van der Waals surface area contributed by atoms with Gasteiger partial charge in [-0.05, 0) is 252 Å². The summed E-state index contributed by atoms with van der Waals surface area (Å²) in [6, 6.07) is 10.8. The molecule has 137 heavy (non-hydrogen) atoms. The van der Waals surface area contributed by atoms with Crippen LogP contribution in [0.15, 0.2) is 108 Å². The number of hydrogen-bond donors (Lipinski definition) is 4. The van der Waals surface area contributed by atoms with E-state index in [0.717, 1.165) is 35.9 Å². The number of halogens is 10. The first-order valence-corrected chi connectivity index (χ1v) is 46.3. The Kier molecular flexibility index (Phi) is 35.5. The van der Waals surface area contributed by atoms with Crippen molar-refractivity contribution in [2.24, 2.45) is 0 Å². The summed E-state index contributed by atoms with van der Waals surface area (Å²) in [5, 5.41) is 2.73. The number of nitrogens with zero attached hydrogens (tertiary/aromatic N) is 14. The van der Waals surface area contributed by atoms with Crippen molar-refractivity contribution < 1.29 is 92.0 Å². The lowest BCUT2D eigenvalue weighted by atomic mass is 9.75. The van der Waals surface area contributed by atoms with Gasteiger partial charge in [-0.15, -0.1) is 0 Å². The van der Waals surface area contributed by atoms with Crippen LogP contribution in [0, 0.1) is 46.5 Å². The molecule has 8 aromatic rings. The maximum Gasteiger partial charge on any atom is 0.490 e. The fourth-order valence-corrected chi connectivity index (χ4v) is 15.5. The molecule has 6 aromatic heterocycles. The van der Waals surface area contributed by atoms with Crippen LogP contribution in [0.3, 0.4) is 0 Å². The second-order valence-electron chi connectivity index (χ2n) is 39.0. The average molecular weight is 2000 g/mol. The van der Waals surface area contributed by atoms with Crippen LogP contribution in [0.25, 0.3) is 28.1 Å². The third-order valence-electron chi connectivity index (χ3n) is 22.6. The van der Waals surface area contributed by atoms with E-state index in [2.05, 4.69) is 61.1 Å². The minimum atomic E-state index is -0.736. The van der Waals surface area contributed by atoms with E-state index >= 15 is 4.39 Å². The topological polar surface area (TPSA) is 355 Å². The van der Waals surface area contributed by atoms with Crippen molar-refractivity contribution >= 4 is 105 Å². The Morgan fingerprint density at radius 1 is 0.467 bits per heavy atom. The molecule has 7 aliphatic heterocycles. The molecule has 3 saturated heterocycles. The largest absolute Gasteiger partial charge is 0.490 e. The smallest absolute Gasteiger partial charge is 0.486 e. The summed E-state index contributed by atoms with van der Waals surface area (Å²) >= 11 is 8.65. The summed E-state index contributed by atoms with van der Waals surface area (Å²) < 4.78 is 158. The molecule has 0 bridgehead atoms. The van der Waals surface area contributed by atoms with Crippen LogP contribution in [-0.4, -0.2) is 215 Å². The van der Waals surface area contributed by atoms with Crippen LogP contribution in [-0.2, 0) is 28.3 Å². The van der Waals surface area contributed by atoms with Gasteiger partial charge in [-0.3, -0.25) is 0 Å². The van der Waals surface area contributed by atoms with Crippen LogP contribution in [0.2, 0.25) is 5.28 Å². The quantitative estimate of drug-likeness (QED) is 0.0427. The van der Waals surface area contributed by atoms with Gasteiger partial charge in [0.2, 0.25) is 11.2 Å². The standard InChI is InChI=1S/C30H35F3N6O3.C16H28BNO4.C15H14ClF2N3O.C15H22FN3O2.C15H20FN3O2.C5H4BrFN2/c1-17(2)39-10-11-41-27-22(32)12-19(13-24(27)39)26-23(33)16-35-28(37-26)36-25-14-21(31)20(15-34-25)18-6-8-38(9-7-18)29(40)42-30(3,4)5;1-14(2,3)20-13(19)18-10-8-12(9-11-18)17-21-15(4,5)16(6,7)22-17;1-8(2)21-3-4-22-14-10(17)5-9(6-12(14)21)13-11(18)7-19-15(16)20-13;2*1-15(2,3)21-14(20)19-6-4-10(5-7-19)11-9-18-13(17)8-12(11)16;6-3-2-9-5(8)1-4(3)7/h12-18H,6-11H2,1-5H3,(H,34,35,36,37);8H,9-11H2,1-7H3;5-8H,3-4H2,1-2H3;8-10H,4-7H2,1-3H3,(H2,17,18);4,8-9H,5-7H2,1-3H3,(H2,17,18);1-2H,(H2,8,9). The van der Waals surface area contributed by atoms with E-state index in [-0.39, 0.29) is 147 Å². The molecule has 2 aromatic carbocycles. The molecule has 0 aliphatic carbocycles. The lowest BCUT2D eigenvalue weighted by Gasteiger charge is -2.34. The number of carbonyl (C=O) groups excluding carboxylic acids is 4. The van der Waals surface area contributed by atoms with Gasteiger partial charge in [-0.2, -0.15) is 0 Å². The van der Waals surface area contributed by atoms with Gasteiger partial charge in [0.05, 0.1) is 52.5 Å². The summed E-state index contributed by atoms with van der Waals surface area (Å²) in [6.07, 6.45) is 14.0. The summed E-state index contributed by atoms with van der Waals surface area (Å²) in [4.78, 5) is 90.4. The first-order chi connectivity index (χ1) is 64.0. The van der Waals surface area contributed by atoms with E-state index in [9.17, 15) is 49.9 Å². The van der Waals surface area contributed by atoms with Crippen molar-refractivity contribution in [3.63, 3.8) is 0 Å². The fraction of sp³-hybridized carbons (Fsp3) is 0.500. The van der Waals surface area contributed by atoms with Crippen molar-refractivity contribution in [3.05, 3.63) is 176 Å². The minimum Gasteiger partial charge on any atom is -0.486 e. The molecule has 0 unspecified atom stereocenters. The van der Waals surface area contributed by atoms with Gasteiger partial charge in [0.1, 0.15) is 93.5 Å². The Morgan fingerprint density at radius 3 is 1.27 bits per heavy atom. The van der Waals surface area contributed by atoms with Crippen LogP contribution in [0.4, 0.5) is 94.9 Å². The van der Waals surface area contributed by atoms with Gasteiger partial charge in [0, 0.05) is 141 Å². The number of likely N-dealkylation sites (tertiary alicyclic amines) is 2. The maximum atomic E-state index is 15.2. The van der Waals surface area contributed by atoms with Gasteiger partial charge in [-0.1, -0.05) is 12.2 Å². The summed E-state index contributed by atoms with van der Waals surface area (Å²) in [5.41, 5.74) is 18.2. The molecule has 0 spiro atoms. The number of hydrogen-bond acceptors (Lipinski definition) is 26. The highest BCUT2D eigenvalue weighted by atomic mass is 79.9. The van der Waals surface area contributed by atoms with E-state index in [1.807, 2.05) is 160 Å². The SMILES string of the molecule is CC(C)(C)OC(=O)N1CC=C(B2OC(C)(C)C(C)(C)O2)CC1.CC(C)(C)OC(=O)N1CC=C(c2cnc(N)cc2F)CC1.CC(C)(C)OC(=O)N1CCC(c2cnc(N)cc2F)CC1.CC(C)N1CCOc2c(F)cc(-c3nc(Cl)ncc3F)cc21.CC(C)N1CCOc2c(F)cc(-c3nc(Nc4cc(F)c(C5CCN(C(=O)OC(C)(C)C)CC5)cn4)ncc3F)cc21.Nc1cc(F)c(Br)cn1. The first-order valence-electron chi connectivity index (χ1n) is 45.1. The van der Waals surface area contributed by atoms with Crippen LogP contribution < -0.4 is 41.8 Å². The van der Waals surface area contributed by atoms with Gasteiger partial charge >= 0.3 is 31.5 Å². The van der Waals surface area contributed by atoms with Crippen molar-refractivity contribution in [3.8, 4) is 34.0 Å². The van der Waals surface area contributed by atoms with Gasteiger partial charge < -0.3 is 89.6 Å². The molecule has 0 radical (unpaired) electrons. The molecule has 0 atom stereocenters. The number of nitrogens with one attached hydrogen (secondary N) is 1. The molecule has 41 heteroatoms. The number of anilines is 7. The van der Waals surface area contributed by atoms with Crippen molar-refractivity contribution in [1.29, 1.82) is 0 Å². The van der Waals surface area contributed by atoms with Gasteiger partial charge in [-0.25, -0.2) is 94.2 Å². The number of piperidine rings is 2. The number of rotatable bonds is 10. The number of fused-ring (bicyclic) bond motifs is 2. The highest BCUT2D eigenvalue weighted by Gasteiger charge is 2.53. The molecule has 742 valence electrons. The molecule has 30 nitrogen and oxygen atoms in total. The Hall–Kier alpha value is -11.6. The molecule has 4 amide bonds. The third kappa shape index (κ3) is 29.9. The fourth-order valence-electron chi connectivity index (χ4n) is 15.1. The molecule has 7 N–H and O–H groups in total. The number of nitrogen functional groups attached to an aromatic ring is 3. The van der Waals surface area contributed by atoms with Crippen molar-refractivity contribution in [2.75, 3.05) is 111 Å². The van der Waals surface area contributed by atoms with Gasteiger partial charge in [0.25, 0.3) is 0 Å². The monoisotopic (exact) mass is 2000 g/mol. The Morgan fingerprint density at radius 2 is 0.869 bits per heavy atom.